The minimum atomic E-state index is -2.80. The number of fused-ring (bicyclic) bond motifs is 1. The zero-order valence-corrected chi connectivity index (χ0v) is 16.3. The van der Waals surface area contributed by atoms with Crippen molar-refractivity contribution in [3.8, 4) is 11.1 Å². The molecule has 2 heterocycles. The average molecular weight is 415 g/mol. The van der Waals surface area contributed by atoms with Crippen molar-refractivity contribution in [1.82, 2.24) is 9.78 Å². The number of aromatic nitrogens is 2. The Morgan fingerprint density at radius 1 is 1.27 bits per heavy atom. The van der Waals surface area contributed by atoms with Crippen LogP contribution in [0.1, 0.15) is 25.3 Å². The standard InChI is InChI=1S/C21H20F3N5O/c1-11-6-19(30)28-17-5-3-4-16(20(17)26-11)27-18-8-14(21(23)24)13(7-15(18)22)12-9-25-29(2)10-12/h3-5,7-11,21,26-27H,6H2,1-2H3,(H,28,30)/t11-/m1/s1. The molecule has 0 saturated heterocycles. The van der Waals surface area contributed by atoms with Gasteiger partial charge in [-0.25, -0.2) is 13.2 Å². The molecule has 0 unspecified atom stereocenters. The number of anilines is 4. The van der Waals surface area contributed by atoms with Crippen LogP contribution in [0.25, 0.3) is 11.1 Å². The van der Waals surface area contributed by atoms with Crippen LogP contribution in [0.15, 0.2) is 42.7 Å². The number of hydrogen-bond donors (Lipinski definition) is 3. The monoisotopic (exact) mass is 415 g/mol. The highest BCUT2D eigenvalue weighted by Crippen LogP contribution is 2.39. The zero-order valence-electron chi connectivity index (χ0n) is 16.3. The predicted molar refractivity (Wildman–Crippen MR) is 110 cm³/mol. The molecule has 1 aliphatic rings. The molecule has 1 aromatic heterocycles. The van der Waals surface area contributed by atoms with Crippen LogP contribution in [0.5, 0.6) is 0 Å². The number of carbonyl (C=O) groups excluding carboxylic acids is 1. The second kappa shape index (κ2) is 7.74. The highest BCUT2D eigenvalue weighted by molar-refractivity contribution is 5.99. The third kappa shape index (κ3) is 3.83. The molecule has 30 heavy (non-hydrogen) atoms. The second-order valence-corrected chi connectivity index (χ2v) is 7.27. The maximum atomic E-state index is 14.9. The summed E-state index contributed by atoms with van der Waals surface area (Å²) in [4.78, 5) is 12.0. The third-order valence-electron chi connectivity index (χ3n) is 4.88. The van der Waals surface area contributed by atoms with E-state index in [4.69, 9.17) is 0 Å². The highest BCUT2D eigenvalue weighted by Gasteiger charge is 2.22. The first-order valence-electron chi connectivity index (χ1n) is 9.39. The lowest BCUT2D eigenvalue weighted by atomic mass is 10.0. The van der Waals surface area contributed by atoms with Crippen molar-refractivity contribution in [2.24, 2.45) is 7.05 Å². The first-order chi connectivity index (χ1) is 14.3. The minimum absolute atomic E-state index is 0.0867. The summed E-state index contributed by atoms with van der Waals surface area (Å²) in [6.07, 6.45) is 0.446. The number of para-hydroxylation sites is 1. The van der Waals surface area contributed by atoms with Crippen molar-refractivity contribution in [1.29, 1.82) is 0 Å². The predicted octanol–water partition coefficient (Wildman–Crippen LogP) is 5.05. The van der Waals surface area contributed by atoms with E-state index in [1.807, 2.05) is 6.92 Å². The van der Waals surface area contributed by atoms with Crippen LogP contribution in [0.2, 0.25) is 0 Å². The Labute approximate surface area is 171 Å². The van der Waals surface area contributed by atoms with Crippen LogP contribution in [0, 0.1) is 5.82 Å². The van der Waals surface area contributed by atoms with E-state index >= 15 is 0 Å². The van der Waals surface area contributed by atoms with Crippen LogP contribution in [0.4, 0.5) is 35.9 Å². The summed E-state index contributed by atoms with van der Waals surface area (Å²) in [5.41, 5.74) is 1.69. The number of benzene rings is 2. The first-order valence-corrected chi connectivity index (χ1v) is 9.39. The first kappa shape index (κ1) is 19.8. The molecule has 0 aliphatic carbocycles. The van der Waals surface area contributed by atoms with E-state index in [0.717, 1.165) is 12.1 Å². The van der Waals surface area contributed by atoms with Crippen molar-refractivity contribution in [2.75, 3.05) is 16.0 Å². The largest absolute Gasteiger partial charge is 0.379 e. The number of nitrogens with one attached hydrogen (secondary N) is 3. The molecule has 3 aromatic rings. The Hall–Kier alpha value is -3.49. The van der Waals surface area contributed by atoms with Crippen molar-refractivity contribution < 1.29 is 18.0 Å². The summed E-state index contributed by atoms with van der Waals surface area (Å²) in [6, 6.07) is 7.14. The Balaban J connectivity index is 1.75. The number of aryl methyl sites for hydroxylation is 1. The van der Waals surface area contributed by atoms with Crippen LogP contribution in [-0.2, 0) is 11.8 Å². The maximum Gasteiger partial charge on any atom is 0.264 e. The van der Waals surface area contributed by atoms with E-state index < -0.39 is 12.2 Å². The van der Waals surface area contributed by atoms with E-state index in [1.165, 1.54) is 10.9 Å². The molecule has 1 aliphatic heterocycles. The van der Waals surface area contributed by atoms with Crippen molar-refractivity contribution in [3.05, 3.63) is 54.1 Å². The third-order valence-corrected chi connectivity index (χ3v) is 4.88. The quantitative estimate of drug-likeness (QED) is 0.558. The topological polar surface area (TPSA) is 71.0 Å². The summed E-state index contributed by atoms with van der Waals surface area (Å²) in [6.45, 7) is 1.85. The van der Waals surface area contributed by atoms with Crippen molar-refractivity contribution in [3.63, 3.8) is 0 Å². The fraction of sp³-hybridized carbons (Fsp3) is 0.238. The van der Waals surface area contributed by atoms with Crippen molar-refractivity contribution >= 4 is 28.7 Å². The summed E-state index contributed by atoms with van der Waals surface area (Å²) < 4.78 is 43.9. The SMILES string of the molecule is C[C@@H]1CC(=O)Nc2cccc(Nc3cc(C(F)F)c(-c4cnn(C)c4)cc3F)c2N1. The Morgan fingerprint density at radius 2 is 2.07 bits per heavy atom. The van der Waals surface area contributed by atoms with Gasteiger partial charge >= 0.3 is 0 Å². The molecule has 0 saturated carbocycles. The maximum absolute atomic E-state index is 14.9. The van der Waals surface area contributed by atoms with E-state index in [-0.39, 0.29) is 35.2 Å². The van der Waals surface area contributed by atoms with Gasteiger partial charge in [-0.05, 0) is 36.8 Å². The normalized spacial score (nSPS) is 15.9. The molecule has 0 bridgehead atoms. The molecule has 0 fully saturated rings. The summed E-state index contributed by atoms with van der Waals surface area (Å²) in [5, 5.41) is 12.9. The summed E-state index contributed by atoms with van der Waals surface area (Å²) in [5.74, 6) is -0.820. The Morgan fingerprint density at radius 3 is 2.77 bits per heavy atom. The lowest BCUT2D eigenvalue weighted by molar-refractivity contribution is -0.116. The molecule has 4 rings (SSSR count). The van der Waals surface area contributed by atoms with Crippen LogP contribution >= 0.6 is 0 Å². The molecular formula is C21H20F3N5O. The number of nitrogens with zero attached hydrogens (tertiary/aromatic N) is 2. The van der Waals surface area contributed by atoms with Crippen LogP contribution in [-0.4, -0.2) is 21.7 Å². The fourth-order valence-corrected chi connectivity index (χ4v) is 3.51. The number of hydrogen-bond acceptors (Lipinski definition) is 4. The van der Waals surface area contributed by atoms with E-state index in [9.17, 15) is 18.0 Å². The molecule has 6 nitrogen and oxygen atoms in total. The van der Waals surface area contributed by atoms with Crippen LogP contribution in [0.3, 0.4) is 0 Å². The van der Waals surface area contributed by atoms with E-state index in [2.05, 4.69) is 21.0 Å². The van der Waals surface area contributed by atoms with Gasteiger partial charge in [-0.2, -0.15) is 5.10 Å². The summed E-state index contributed by atoms with van der Waals surface area (Å²) >= 11 is 0. The molecular weight excluding hydrogens is 395 g/mol. The molecule has 0 spiro atoms. The van der Waals surface area contributed by atoms with E-state index in [0.29, 0.717) is 22.6 Å². The van der Waals surface area contributed by atoms with Gasteiger partial charge < -0.3 is 16.0 Å². The minimum Gasteiger partial charge on any atom is -0.379 e. The molecule has 9 heteroatoms. The van der Waals surface area contributed by atoms with Gasteiger partial charge in [0.2, 0.25) is 5.91 Å². The number of rotatable bonds is 4. The van der Waals surface area contributed by atoms with Gasteiger partial charge in [0.1, 0.15) is 5.82 Å². The van der Waals surface area contributed by atoms with Gasteiger partial charge in [0.25, 0.3) is 6.43 Å². The van der Waals surface area contributed by atoms with Crippen LogP contribution < -0.4 is 16.0 Å². The number of carbonyl (C=O) groups is 1. The smallest absolute Gasteiger partial charge is 0.264 e. The molecule has 156 valence electrons. The number of halogens is 3. The van der Waals surface area contributed by atoms with Gasteiger partial charge in [-0.15, -0.1) is 0 Å². The number of alkyl halides is 2. The van der Waals surface area contributed by atoms with Crippen molar-refractivity contribution in [2.45, 2.75) is 25.8 Å². The fourth-order valence-electron chi connectivity index (χ4n) is 3.51. The van der Waals surface area contributed by atoms with Gasteiger partial charge in [-0.3, -0.25) is 9.48 Å². The van der Waals surface area contributed by atoms with Gasteiger partial charge in [0, 0.05) is 36.8 Å². The van der Waals surface area contributed by atoms with Gasteiger partial charge in [-0.1, -0.05) is 6.07 Å². The summed E-state index contributed by atoms with van der Waals surface area (Å²) in [7, 11) is 1.66. The van der Waals surface area contributed by atoms with E-state index in [1.54, 1.807) is 31.4 Å². The number of amides is 1. The molecule has 3 N–H and O–H groups in total. The molecule has 2 aromatic carbocycles. The van der Waals surface area contributed by atoms with Gasteiger partial charge in [0.15, 0.2) is 0 Å². The second-order valence-electron chi connectivity index (χ2n) is 7.27. The van der Waals surface area contributed by atoms with Gasteiger partial charge in [0.05, 0.1) is 28.9 Å². The average Bonchev–Trinajstić information content (AvgIpc) is 3.04. The molecule has 1 atom stereocenters. The molecule has 1 amide bonds. The Kier molecular flexibility index (Phi) is 5.11. The zero-order chi connectivity index (χ0) is 21.4. The highest BCUT2D eigenvalue weighted by atomic mass is 19.3. The molecule has 0 radical (unpaired) electrons. The Bertz CT molecular complexity index is 1110. The lowest BCUT2D eigenvalue weighted by Gasteiger charge is -2.19. The lowest BCUT2D eigenvalue weighted by Crippen LogP contribution is -2.19.